The van der Waals surface area contributed by atoms with Gasteiger partial charge in [-0.15, -0.1) is 11.3 Å². The molecule has 0 radical (unpaired) electrons. The van der Waals surface area contributed by atoms with E-state index >= 15 is 0 Å². The summed E-state index contributed by atoms with van der Waals surface area (Å²) >= 11 is 1.80. The number of piperazine rings is 1. The Morgan fingerprint density at radius 2 is 1.90 bits per heavy atom. The smallest absolute Gasteiger partial charge is 0.236 e. The lowest BCUT2D eigenvalue weighted by molar-refractivity contribution is -0.137. The first-order chi connectivity index (χ1) is 19.5. The van der Waals surface area contributed by atoms with Gasteiger partial charge in [-0.25, -0.2) is 4.98 Å². The second kappa shape index (κ2) is 13.6. The maximum Gasteiger partial charge on any atom is 0.236 e. The average molecular weight is 564 g/mol. The molecule has 1 amide bonds. The van der Waals surface area contributed by atoms with E-state index in [2.05, 4.69) is 83.1 Å². The number of amides is 1. The summed E-state index contributed by atoms with van der Waals surface area (Å²) in [4.78, 5) is 24.7. The Morgan fingerprint density at radius 3 is 2.60 bits per heavy atom. The molecular formula is C33H49N5OS. The molecule has 0 bridgehead atoms. The van der Waals surface area contributed by atoms with E-state index in [1.54, 1.807) is 11.3 Å². The van der Waals surface area contributed by atoms with Crippen molar-refractivity contribution in [2.75, 3.05) is 26.2 Å². The van der Waals surface area contributed by atoms with Gasteiger partial charge >= 0.3 is 0 Å². The number of nitrogens with one attached hydrogen (secondary N) is 1. The first-order valence-corrected chi connectivity index (χ1v) is 16.6. The predicted molar refractivity (Wildman–Crippen MR) is 167 cm³/mol. The molecule has 218 valence electrons. The van der Waals surface area contributed by atoms with Crippen LogP contribution in [0.25, 0.3) is 11.0 Å². The average Bonchev–Trinajstić information content (AvgIpc) is 3.61. The van der Waals surface area contributed by atoms with E-state index in [1.165, 1.54) is 48.1 Å². The van der Waals surface area contributed by atoms with E-state index in [9.17, 15) is 4.79 Å². The van der Waals surface area contributed by atoms with Gasteiger partial charge in [0.25, 0.3) is 0 Å². The lowest BCUT2D eigenvalue weighted by Crippen LogP contribution is -2.60. The first-order valence-electron chi connectivity index (χ1n) is 15.7. The highest BCUT2D eigenvalue weighted by molar-refractivity contribution is 7.09. The Labute approximate surface area is 245 Å². The van der Waals surface area contributed by atoms with Crippen LogP contribution in [0.4, 0.5) is 0 Å². The predicted octanol–water partition coefficient (Wildman–Crippen LogP) is 6.64. The minimum absolute atomic E-state index is 0.235. The van der Waals surface area contributed by atoms with Crippen molar-refractivity contribution >= 4 is 28.3 Å². The topological polar surface area (TPSA) is 53.4 Å². The van der Waals surface area contributed by atoms with Crippen LogP contribution in [-0.4, -0.2) is 63.5 Å². The van der Waals surface area contributed by atoms with Gasteiger partial charge in [-0.2, -0.15) is 0 Å². The van der Waals surface area contributed by atoms with Crippen molar-refractivity contribution < 1.29 is 4.79 Å². The minimum Gasteiger partial charge on any atom is -0.336 e. The standard InChI is InChI=1S/C33H49N5OS/c1-5-26(6-2)38-30-15-14-25(19-29(30)35-32(38)20-28-13-10-18-40-28)21-34-22-33(39)37-17-16-36(23-31(37)24(3)4)27-11-8-7-9-12-27/h10,13-15,18-19,24,26-27,31,34H,5-9,11-12,16-17,20-23H2,1-4H3. The van der Waals surface area contributed by atoms with Gasteiger partial charge in [-0.05, 0) is 60.7 Å². The van der Waals surface area contributed by atoms with Crippen LogP contribution in [0.15, 0.2) is 35.7 Å². The highest BCUT2D eigenvalue weighted by Crippen LogP contribution is 2.29. The van der Waals surface area contributed by atoms with Crippen molar-refractivity contribution in [1.82, 2.24) is 24.7 Å². The molecular weight excluding hydrogens is 514 g/mol. The number of benzene rings is 1. The monoisotopic (exact) mass is 563 g/mol. The number of aromatic nitrogens is 2. The van der Waals surface area contributed by atoms with E-state index in [0.29, 0.717) is 31.1 Å². The van der Waals surface area contributed by atoms with Crippen LogP contribution >= 0.6 is 11.3 Å². The summed E-state index contributed by atoms with van der Waals surface area (Å²) in [6, 6.07) is 12.4. The number of nitrogens with zero attached hydrogens (tertiary/aromatic N) is 4. The van der Waals surface area contributed by atoms with E-state index in [1.807, 2.05) is 0 Å². The normalized spacial score (nSPS) is 19.4. The summed E-state index contributed by atoms with van der Waals surface area (Å²) in [7, 11) is 0. The molecule has 1 aromatic carbocycles. The molecule has 5 rings (SSSR count). The first kappa shape index (κ1) is 29.3. The van der Waals surface area contributed by atoms with Gasteiger partial charge in [0.15, 0.2) is 0 Å². The molecule has 2 aliphatic rings. The third kappa shape index (κ3) is 6.63. The molecule has 1 aliphatic carbocycles. The molecule has 6 nitrogen and oxygen atoms in total. The van der Waals surface area contributed by atoms with Crippen LogP contribution < -0.4 is 5.32 Å². The van der Waals surface area contributed by atoms with Gasteiger partial charge < -0.3 is 14.8 Å². The molecule has 1 aliphatic heterocycles. The van der Waals surface area contributed by atoms with Crippen molar-refractivity contribution in [3.05, 3.63) is 52.0 Å². The maximum absolute atomic E-state index is 13.4. The zero-order valence-corrected chi connectivity index (χ0v) is 25.9. The van der Waals surface area contributed by atoms with Gasteiger partial charge in [0.1, 0.15) is 5.82 Å². The van der Waals surface area contributed by atoms with Crippen LogP contribution in [-0.2, 0) is 17.8 Å². The Kier molecular flexibility index (Phi) is 9.98. The van der Waals surface area contributed by atoms with Crippen LogP contribution in [0, 0.1) is 5.92 Å². The number of thiophene rings is 1. The van der Waals surface area contributed by atoms with Gasteiger partial charge in [0, 0.05) is 55.6 Å². The number of carbonyl (C=O) groups excluding carboxylic acids is 1. The molecule has 1 atom stereocenters. The molecule has 3 heterocycles. The zero-order valence-electron chi connectivity index (χ0n) is 25.1. The highest BCUT2D eigenvalue weighted by atomic mass is 32.1. The van der Waals surface area contributed by atoms with Crippen LogP contribution in [0.5, 0.6) is 0 Å². The number of hydrogen-bond donors (Lipinski definition) is 1. The Bertz CT molecular complexity index is 1230. The molecule has 2 aromatic heterocycles. The van der Waals surface area contributed by atoms with E-state index < -0.39 is 0 Å². The van der Waals surface area contributed by atoms with Crippen molar-refractivity contribution in [1.29, 1.82) is 0 Å². The van der Waals surface area contributed by atoms with Crippen molar-refractivity contribution in [3.8, 4) is 0 Å². The third-order valence-corrected chi connectivity index (χ3v) is 10.2. The summed E-state index contributed by atoms with van der Waals surface area (Å²) in [6.07, 6.45) is 9.83. The SMILES string of the molecule is CCC(CC)n1c(Cc2cccs2)nc2cc(CNCC(=O)N3CCN(C4CCCCC4)CC3C(C)C)ccc21. The van der Waals surface area contributed by atoms with Crippen molar-refractivity contribution in [2.24, 2.45) is 5.92 Å². The van der Waals surface area contributed by atoms with Crippen molar-refractivity contribution in [3.63, 3.8) is 0 Å². The van der Waals surface area contributed by atoms with Crippen LogP contribution in [0.2, 0.25) is 0 Å². The number of carbonyl (C=O) groups is 1. The fraction of sp³-hybridized carbons (Fsp3) is 0.636. The Hall–Kier alpha value is -2.22. The molecule has 1 saturated carbocycles. The lowest BCUT2D eigenvalue weighted by atomic mass is 9.91. The fourth-order valence-corrected chi connectivity index (χ4v) is 7.67. The second-order valence-electron chi connectivity index (χ2n) is 12.2. The molecule has 7 heteroatoms. The van der Waals surface area contributed by atoms with Crippen molar-refractivity contribution in [2.45, 2.75) is 104 Å². The summed E-state index contributed by atoms with van der Waals surface area (Å²) < 4.78 is 2.47. The lowest BCUT2D eigenvalue weighted by Gasteiger charge is -2.47. The number of hydrogen-bond acceptors (Lipinski definition) is 5. The number of rotatable bonds is 11. The fourth-order valence-electron chi connectivity index (χ4n) is 6.96. The Morgan fingerprint density at radius 1 is 1.10 bits per heavy atom. The molecule has 1 saturated heterocycles. The highest BCUT2D eigenvalue weighted by Gasteiger charge is 2.35. The van der Waals surface area contributed by atoms with Gasteiger partial charge in [0.05, 0.1) is 17.6 Å². The maximum atomic E-state index is 13.4. The van der Waals surface area contributed by atoms with Gasteiger partial charge in [0.2, 0.25) is 5.91 Å². The quantitative estimate of drug-likeness (QED) is 0.284. The third-order valence-electron chi connectivity index (χ3n) is 9.28. The van der Waals surface area contributed by atoms with E-state index in [4.69, 9.17) is 4.98 Å². The van der Waals surface area contributed by atoms with Gasteiger partial charge in [-0.1, -0.05) is 59.1 Å². The molecule has 1 N–H and O–H groups in total. The molecule has 0 spiro atoms. The zero-order chi connectivity index (χ0) is 28.1. The second-order valence-corrected chi connectivity index (χ2v) is 13.3. The molecule has 40 heavy (non-hydrogen) atoms. The minimum atomic E-state index is 0.235. The molecule has 1 unspecified atom stereocenters. The molecule has 3 aromatic rings. The van der Waals surface area contributed by atoms with E-state index in [-0.39, 0.29) is 5.91 Å². The van der Waals surface area contributed by atoms with Gasteiger partial charge in [-0.3, -0.25) is 9.69 Å². The van der Waals surface area contributed by atoms with Crippen LogP contribution in [0.1, 0.15) is 94.9 Å². The summed E-state index contributed by atoms with van der Waals surface area (Å²) in [5.74, 6) is 1.85. The molecule has 2 fully saturated rings. The summed E-state index contributed by atoms with van der Waals surface area (Å²) in [6.45, 7) is 13.0. The van der Waals surface area contributed by atoms with Crippen LogP contribution in [0.3, 0.4) is 0 Å². The number of fused-ring (bicyclic) bond motifs is 1. The summed E-state index contributed by atoms with van der Waals surface area (Å²) in [5, 5.41) is 5.61. The summed E-state index contributed by atoms with van der Waals surface area (Å²) in [5.41, 5.74) is 3.46. The number of imidazole rings is 1. The largest absolute Gasteiger partial charge is 0.336 e. The van der Waals surface area contributed by atoms with E-state index in [0.717, 1.165) is 56.3 Å². The Balaban J connectivity index is 1.22.